The Balaban J connectivity index is 3.16. The van der Waals surface area contributed by atoms with Crippen LogP contribution in [0.4, 0.5) is 0 Å². The molecule has 0 heterocycles. The first-order valence-corrected chi connectivity index (χ1v) is 3.86. The van der Waals surface area contributed by atoms with Gasteiger partial charge in [0.1, 0.15) is 0 Å². The molecule has 1 unspecified atom stereocenters. The number of aliphatic hydroxyl groups is 2. The van der Waals surface area contributed by atoms with Gasteiger partial charge >= 0.3 is 0 Å². The van der Waals surface area contributed by atoms with E-state index < -0.39 is 0 Å². The van der Waals surface area contributed by atoms with Gasteiger partial charge in [0, 0.05) is 6.42 Å². The third kappa shape index (κ3) is 6.05. The minimum absolute atomic E-state index is 0.323. The van der Waals surface area contributed by atoms with Crippen molar-refractivity contribution in [2.45, 2.75) is 45.6 Å². The molecule has 0 rings (SSSR count). The van der Waals surface area contributed by atoms with Crippen molar-refractivity contribution in [1.29, 1.82) is 0 Å². The average molecular weight is 145 g/mol. The molecule has 0 aromatic heterocycles. The fraction of sp³-hybridized carbons (Fsp3) is 0.875. The Morgan fingerprint density at radius 2 is 2.10 bits per heavy atom. The standard InChI is InChI=1S/C8H17O2/c1-3-4-5-8(10)6-7(2)9/h8-10H,3-6H2,1-2H3. The van der Waals surface area contributed by atoms with E-state index in [1.54, 1.807) is 6.92 Å². The van der Waals surface area contributed by atoms with Crippen LogP contribution in [-0.2, 0) is 0 Å². The van der Waals surface area contributed by atoms with E-state index in [0.29, 0.717) is 12.5 Å². The van der Waals surface area contributed by atoms with Crippen LogP contribution in [0.15, 0.2) is 0 Å². The van der Waals surface area contributed by atoms with Gasteiger partial charge in [-0.15, -0.1) is 0 Å². The molecule has 2 nitrogen and oxygen atoms in total. The molecule has 2 N–H and O–H groups in total. The first-order valence-electron chi connectivity index (χ1n) is 3.86. The van der Waals surface area contributed by atoms with Crippen LogP contribution in [0.25, 0.3) is 0 Å². The molecule has 0 amide bonds. The van der Waals surface area contributed by atoms with E-state index in [1.165, 1.54) is 0 Å². The molecule has 0 spiro atoms. The summed E-state index contributed by atoms with van der Waals surface area (Å²) in [4.78, 5) is 0. The molecule has 0 saturated carbocycles. The van der Waals surface area contributed by atoms with E-state index in [0.717, 1.165) is 19.3 Å². The second kappa shape index (κ2) is 5.69. The Labute approximate surface area is 62.9 Å². The third-order valence-corrected chi connectivity index (χ3v) is 1.42. The van der Waals surface area contributed by atoms with Gasteiger partial charge in [-0.2, -0.15) is 0 Å². The predicted molar refractivity (Wildman–Crippen MR) is 41.0 cm³/mol. The molecule has 1 atom stereocenters. The van der Waals surface area contributed by atoms with Gasteiger partial charge in [0.05, 0.1) is 12.2 Å². The maximum absolute atomic E-state index is 9.17. The topological polar surface area (TPSA) is 40.5 Å². The fourth-order valence-electron chi connectivity index (χ4n) is 0.883. The Hall–Kier alpha value is -0.0800. The molecule has 10 heavy (non-hydrogen) atoms. The molecule has 0 aromatic carbocycles. The minimum Gasteiger partial charge on any atom is -0.393 e. The van der Waals surface area contributed by atoms with Crippen LogP contribution in [0.3, 0.4) is 0 Å². The van der Waals surface area contributed by atoms with E-state index >= 15 is 0 Å². The molecule has 0 aliphatic carbocycles. The molecule has 0 aliphatic rings. The normalized spacial score (nSPS) is 14.1. The van der Waals surface area contributed by atoms with Crippen molar-refractivity contribution in [2.24, 2.45) is 0 Å². The van der Waals surface area contributed by atoms with Crippen LogP contribution in [-0.4, -0.2) is 16.3 Å². The highest BCUT2D eigenvalue weighted by Gasteiger charge is 2.06. The maximum atomic E-state index is 9.17. The first-order chi connectivity index (χ1) is 4.66. The summed E-state index contributed by atoms with van der Waals surface area (Å²) in [5.74, 6) is 0. The van der Waals surface area contributed by atoms with E-state index in [4.69, 9.17) is 10.2 Å². The monoisotopic (exact) mass is 145 g/mol. The summed E-state index contributed by atoms with van der Waals surface area (Å²) in [5, 5.41) is 17.9. The van der Waals surface area contributed by atoms with Gasteiger partial charge in [0.25, 0.3) is 0 Å². The summed E-state index contributed by atoms with van der Waals surface area (Å²) >= 11 is 0. The SMILES string of the molecule is CCCCC(O)C[C](C)O. The zero-order valence-corrected chi connectivity index (χ0v) is 6.80. The zero-order chi connectivity index (χ0) is 7.98. The van der Waals surface area contributed by atoms with E-state index in [1.807, 2.05) is 0 Å². The molecule has 0 bridgehead atoms. The van der Waals surface area contributed by atoms with Crippen molar-refractivity contribution in [3.8, 4) is 0 Å². The summed E-state index contributed by atoms with van der Waals surface area (Å²) in [5.41, 5.74) is 0. The van der Waals surface area contributed by atoms with Gasteiger partial charge in [-0.25, -0.2) is 0 Å². The second-order valence-corrected chi connectivity index (χ2v) is 2.74. The highest BCUT2D eigenvalue weighted by Crippen LogP contribution is 2.09. The van der Waals surface area contributed by atoms with Gasteiger partial charge in [-0.05, 0) is 13.3 Å². The lowest BCUT2D eigenvalue weighted by atomic mass is 10.1. The molecule has 61 valence electrons. The highest BCUT2D eigenvalue weighted by atomic mass is 16.3. The number of rotatable bonds is 5. The quantitative estimate of drug-likeness (QED) is 0.619. The van der Waals surface area contributed by atoms with Gasteiger partial charge in [0.15, 0.2) is 0 Å². The number of hydrogen-bond acceptors (Lipinski definition) is 2. The third-order valence-electron chi connectivity index (χ3n) is 1.42. The summed E-state index contributed by atoms with van der Waals surface area (Å²) < 4.78 is 0. The van der Waals surface area contributed by atoms with Gasteiger partial charge in [0.2, 0.25) is 0 Å². The highest BCUT2D eigenvalue weighted by molar-refractivity contribution is 4.72. The molecule has 0 aromatic rings. The lowest BCUT2D eigenvalue weighted by Gasteiger charge is -2.10. The van der Waals surface area contributed by atoms with Crippen LogP contribution in [0.5, 0.6) is 0 Å². The Morgan fingerprint density at radius 3 is 2.50 bits per heavy atom. The van der Waals surface area contributed by atoms with Gasteiger partial charge < -0.3 is 10.2 Å². The Kier molecular flexibility index (Phi) is 5.64. The van der Waals surface area contributed by atoms with Crippen LogP contribution in [0.1, 0.15) is 39.5 Å². The van der Waals surface area contributed by atoms with E-state index in [-0.39, 0.29) is 6.10 Å². The molecular weight excluding hydrogens is 128 g/mol. The van der Waals surface area contributed by atoms with Crippen LogP contribution < -0.4 is 0 Å². The maximum Gasteiger partial charge on any atom is 0.0928 e. The Bertz CT molecular complexity index is 71.7. The Morgan fingerprint density at radius 1 is 1.50 bits per heavy atom. The summed E-state index contributed by atoms with van der Waals surface area (Å²) in [6, 6.07) is 0. The van der Waals surface area contributed by atoms with Crippen molar-refractivity contribution in [2.75, 3.05) is 0 Å². The van der Waals surface area contributed by atoms with Gasteiger partial charge in [-0.3, -0.25) is 0 Å². The number of aliphatic hydroxyl groups excluding tert-OH is 2. The lowest BCUT2D eigenvalue weighted by molar-refractivity contribution is 0.127. The van der Waals surface area contributed by atoms with Gasteiger partial charge in [-0.1, -0.05) is 19.8 Å². The summed E-state index contributed by atoms with van der Waals surface area (Å²) in [7, 11) is 0. The number of unbranched alkanes of at least 4 members (excludes halogenated alkanes) is 1. The largest absolute Gasteiger partial charge is 0.393 e. The van der Waals surface area contributed by atoms with Crippen molar-refractivity contribution in [1.82, 2.24) is 0 Å². The molecule has 2 heteroatoms. The van der Waals surface area contributed by atoms with Crippen molar-refractivity contribution < 1.29 is 10.2 Å². The average Bonchev–Trinajstić information content (AvgIpc) is 1.82. The van der Waals surface area contributed by atoms with Crippen molar-refractivity contribution in [3.63, 3.8) is 0 Å². The smallest absolute Gasteiger partial charge is 0.0928 e. The molecule has 0 saturated heterocycles. The van der Waals surface area contributed by atoms with E-state index in [2.05, 4.69) is 6.92 Å². The van der Waals surface area contributed by atoms with Crippen molar-refractivity contribution in [3.05, 3.63) is 6.10 Å². The summed E-state index contributed by atoms with van der Waals surface area (Å²) in [6.07, 6.45) is 3.35. The summed E-state index contributed by atoms with van der Waals surface area (Å²) in [6.45, 7) is 3.71. The van der Waals surface area contributed by atoms with Crippen molar-refractivity contribution >= 4 is 0 Å². The number of hydrogen-bond donors (Lipinski definition) is 2. The lowest BCUT2D eigenvalue weighted by Crippen LogP contribution is -2.09. The minimum atomic E-state index is -0.343. The second-order valence-electron chi connectivity index (χ2n) is 2.74. The molecule has 0 fully saturated rings. The first kappa shape index (κ1) is 9.92. The predicted octanol–water partition coefficient (Wildman–Crippen LogP) is 1.85. The fourth-order valence-corrected chi connectivity index (χ4v) is 0.883. The van der Waals surface area contributed by atoms with E-state index in [9.17, 15) is 0 Å². The molecular formula is C8H17O2. The van der Waals surface area contributed by atoms with Crippen LogP contribution >= 0.6 is 0 Å². The van der Waals surface area contributed by atoms with Crippen LogP contribution in [0, 0.1) is 6.10 Å². The van der Waals surface area contributed by atoms with Crippen LogP contribution in [0.2, 0.25) is 0 Å². The molecule has 0 aliphatic heterocycles. The molecule has 1 radical (unpaired) electrons. The zero-order valence-electron chi connectivity index (χ0n) is 6.80.